The number of rotatable bonds is 4. The van der Waals surface area contributed by atoms with Gasteiger partial charge in [-0.3, -0.25) is 4.98 Å². The molecule has 0 aromatic carbocycles. The lowest BCUT2D eigenvalue weighted by Crippen LogP contribution is -2.40. The summed E-state index contributed by atoms with van der Waals surface area (Å²) >= 11 is 5.65. The maximum absolute atomic E-state index is 5.66. The summed E-state index contributed by atoms with van der Waals surface area (Å²) in [6, 6.07) is 0.498. The molecule has 1 aromatic rings. The highest BCUT2D eigenvalue weighted by atomic mass is 35.5. The van der Waals surface area contributed by atoms with E-state index in [1.54, 1.807) is 12.4 Å². The van der Waals surface area contributed by atoms with E-state index in [1.807, 2.05) is 0 Å². The van der Waals surface area contributed by atoms with Gasteiger partial charge in [0.1, 0.15) is 6.61 Å². The Hall–Kier alpha value is -0.870. The second-order valence-electron chi connectivity index (χ2n) is 4.42. The van der Waals surface area contributed by atoms with Gasteiger partial charge in [0.05, 0.1) is 24.0 Å². The summed E-state index contributed by atoms with van der Waals surface area (Å²) < 4.78 is 5.66. The standard InChI is InChI=1S/C12H18ClN3O/c1-16-5-3-2-4-11(16)9-17-12-8-14-10(6-13)7-15-12/h7-8,11H,2-6,9H2,1H3. The zero-order valence-electron chi connectivity index (χ0n) is 10.1. The van der Waals surface area contributed by atoms with Gasteiger partial charge in [0.25, 0.3) is 0 Å². The minimum atomic E-state index is 0.388. The Kier molecular flexibility index (Phi) is 4.57. The van der Waals surface area contributed by atoms with E-state index in [1.165, 1.54) is 19.3 Å². The summed E-state index contributed by atoms with van der Waals surface area (Å²) in [6.07, 6.45) is 7.07. The molecular weight excluding hydrogens is 238 g/mol. The molecule has 1 fully saturated rings. The summed E-state index contributed by atoms with van der Waals surface area (Å²) in [5.41, 5.74) is 0.772. The molecule has 5 heteroatoms. The third kappa shape index (κ3) is 3.54. The smallest absolute Gasteiger partial charge is 0.232 e. The van der Waals surface area contributed by atoms with Crippen molar-refractivity contribution in [2.75, 3.05) is 20.2 Å². The van der Waals surface area contributed by atoms with E-state index in [9.17, 15) is 0 Å². The number of alkyl halides is 1. The Bertz CT molecular complexity index is 344. The zero-order valence-corrected chi connectivity index (χ0v) is 10.9. The second-order valence-corrected chi connectivity index (χ2v) is 4.69. The maximum Gasteiger partial charge on any atom is 0.232 e. The van der Waals surface area contributed by atoms with Crippen LogP contribution in [0.25, 0.3) is 0 Å². The van der Waals surface area contributed by atoms with Crippen LogP contribution in [-0.2, 0) is 5.88 Å². The molecule has 0 radical (unpaired) electrons. The molecule has 4 nitrogen and oxygen atoms in total. The minimum Gasteiger partial charge on any atom is -0.475 e. The van der Waals surface area contributed by atoms with Crippen LogP contribution in [0.4, 0.5) is 0 Å². The molecule has 0 N–H and O–H groups in total. The van der Waals surface area contributed by atoms with Crippen molar-refractivity contribution in [3.8, 4) is 5.88 Å². The zero-order chi connectivity index (χ0) is 12.1. The minimum absolute atomic E-state index is 0.388. The molecule has 17 heavy (non-hydrogen) atoms. The van der Waals surface area contributed by atoms with Crippen LogP contribution in [0.2, 0.25) is 0 Å². The highest BCUT2D eigenvalue weighted by Gasteiger charge is 2.19. The SMILES string of the molecule is CN1CCCCC1COc1cnc(CCl)cn1. The summed E-state index contributed by atoms with van der Waals surface area (Å²) in [5, 5.41) is 0. The van der Waals surface area contributed by atoms with Gasteiger partial charge in [-0.15, -0.1) is 11.6 Å². The van der Waals surface area contributed by atoms with Gasteiger partial charge in [-0.25, -0.2) is 4.98 Å². The van der Waals surface area contributed by atoms with E-state index in [2.05, 4.69) is 21.9 Å². The van der Waals surface area contributed by atoms with E-state index < -0.39 is 0 Å². The van der Waals surface area contributed by atoms with Gasteiger partial charge < -0.3 is 9.64 Å². The highest BCUT2D eigenvalue weighted by molar-refractivity contribution is 6.16. The topological polar surface area (TPSA) is 38.2 Å². The third-order valence-corrected chi connectivity index (χ3v) is 3.44. The van der Waals surface area contributed by atoms with Crippen LogP contribution in [0.1, 0.15) is 25.0 Å². The van der Waals surface area contributed by atoms with Crippen LogP contribution in [0.15, 0.2) is 12.4 Å². The first-order valence-electron chi connectivity index (χ1n) is 5.99. The van der Waals surface area contributed by atoms with Crippen LogP contribution >= 0.6 is 11.6 Å². The predicted octanol–water partition coefficient (Wildman–Crippen LogP) is 2.08. The van der Waals surface area contributed by atoms with Crippen LogP contribution in [0.3, 0.4) is 0 Å². The fourth-order valence-corrected chi connectivity index (χ4v) is 2.16. The first-order valence-corrected chi connectivity index (χ1v) is 6.53. The third-order valence-electron chi connectivity index (χ3n) is 3.16. The van der Waals surface area contributed by atoms with Crippen LogP contribution in [0.5, 0.6) is 5.88 Å². The van der Waals surface area contributed by atoms with Gasteiger partial charge in [0.15, 0.2) is 0 Å². The van der Waals surface area contributed by atoms with Crippen LogP contribution < -0.4 is 4.74 Å². The maximum atomic E-state index is 5.66. The van der Waals surface area contributed by atoms with Crippen LogP contribution in [0, 0.1) is 0 Å². The Labute approximate surface area is 107 Å². The number of likely N-dealkylation sites (N-methyl/N-ethyl adjacent to an activating group) is 1. The molecule has 0 aliphatic carbocycles. The van der Waals surface area contributed by atoms with Crippen molar-refractivity contribution in [3.05, 3.63) is 18.1 Å². The molecule has 0 amide bonds. The summed E-state index contributed by atoms with van der Waals surface area (Å²) in [4.78, 5) is 10.7. The number of aromatic nitrogens is 2. The Morgan fingerprint density at radius 2 is 2.29 bits per heavy atom. The summed E-state index contributed by atoms with van der Waals surface area (Å²) in [6.45, 7) is 1.84. The number of nitrogens with zero attached hydrogens (tertiary/aromatic N) is 3. The number of piperidine rings is 1. The normalized spacial score (nSPS) is 21.4. The molecule has 0 bridgehead atoms. The molecule has 1 unspecified atom stereocenters. The van der Waals surface area contributed by atoms with Crippen molar-refractivity contribution in [3.63, 3.8) is 0 Å². The first-order chi connectivity index (χ1) is 8.29. The molecule has 2 rings (SSSR count). The largest absolute Gasteiger partial charge is 0.475 e. The molecule has 1 atom stereocenters. The van der Waals surface area contributed by atoms with E-state index in [-0.39, 0.29) is 0 Å². The summed E-state index contributed by atoms with van der Waals surface area (Å²) in [7, 11) is 2.15. The average Bonchev–Trinajstić information content (AvgIpc) is 2.38. The Balaban J connectivity index is 1.84. The number of halogens is 1. The monoisotopic (exact) mass is 255 g/mol. The van der Waals surface area contributed by atoms with Crippen molar-refractivity contribution >= 4 is 11.6 Å². The molecule has 1 aliphatic heterocycles. The van der Waals surface area contributed by atoms with E-state index >= 15 is 0 Å². The lowest BCUT2D eigenvalue weighted by molar-refractivity contribution is 0.122. The lowest BCUT2D eigenvalue weighted by atomic mass is 10.0. The average molecular weight is 256 g/mol. The molecule has 0 saturated carbocycles. The molecule has 2 heterocycles. The van der Waals surface area contributed by atoms with E-state index in [0.717, 1.165) is 12.2 Å². The molecule has 1 aromatic heterocycles. The second kappa shape index (κ2) is 6.17. The molecule has 1 aliphatic rings. The highest BCUT2D eigenvalue weighted by Crippen LogP contribution is 2.16. The fraction of sp³-hybridized carbons (Fsp3) is 0.667. The van der Waals surface area contributed by atoms with E-state index in [0.29, 0.717) is 24.4 Å². The lowest BCUT2D eigenvalue weighted by Gasteiger charge is -2.31. The van der Waals surface area contributed by atoms with E-state index in [4.69, 9.17) is 16.3 Å². The number of hydrogen-bond donors (Lipinski definition) is 0. The predicted molar refractivity (Wildman–Crippen MR) is 67.4 cm³/mol. The van der Waals surface area contributed by atoms with Crippen molar-refractivity contribution in [2.24, 2.45) is 0 Å². The van der Waals surface area contributed by atoms with Crippen molar-refractivity contribution in [1.82, 2.24) is 14.9 Å². The number of hydrogen-bond acceptors (Lipinski definition) is 4. The van der Waals surface area contributed by atoms with Crippen molar-refractivity contribution in [2.45, 2.75) is 31.2 Å². The molecule has 0 spiro atoms. The van der Waals surface area contributed by atoms with Gasteiger partial charge in [0.2, 0.25) is 5.88 Å². The molecule has 94 valence electrons. The van der Waals surface area contributed by atoms with Gasteiger partial charge in [-0.2, -0.15) is 0 Å². The van der Waals surface area contributed by atoms with Crippen LogP contribution in [-0.4, -0.2) is 41.1 Å². The summed E-state index contributed by atoms with van der Waals surface area (Å²) in [5.74, 6) is 0.969. The van der Waals surface area contributed by atoms with Gasteiger partial charge in [-0.1, -0.05) is 6.42 Å². The van der Waals surface area contributed by atoms with Crippen molar-refractivity contribution < 1.29 is 4.74 Å². The number of ether oxygens (including phenoxy) is 1. The molecule has 1 saturated heterocycles. The Morgan fingerprint density at radius 1 is 1.41 bits per heavy atom. The number of likely N-dealkylation sites (tertiary alicyclic amines) is 1. The van der Waals surface area contributed by atoms with Gasteiger partial charge in [-0.05, 0) is 26.4 Å². The van der Waals surface area contributed by atoms with Gasteiger partial charge >= 0.3 is 0 Å². The first kappa shape index (κ1) is 12.6. The van der Waals surface area contributed by atoms with Crippen molar-refractivity contribution in [1.29, 1.82) is 0 Å². The molecular formula is C12H18ClN3O. The van der Waals surface area contributed by atoms with Gasteiger partial charge in [0, 0.05) is 6.04 Å². The fourth-order valence-electron chi connectivity index (χ4n) is 2.02. The quantitative estimate of drug-likeness (QED) is 0.772. The Morgan fingerprint density at radius 3 is 2.94 bits per heavy atom.